The molecule has 0 radical (unpaired) electrons. The van der Waals surface area contributed by atoms with Crippen LogP contribution in [0.1, 0.15) is 51.3 Å². The summed E-state index contributed by atoms with van der Waals surface area (Å²) in [6.45, 7) is 9.60. The largest absolute Gasteiger partial charge is 0.356 e. The van der Waals surface area contributed by atoms with Crippen LogP contribution in [-0.4, -0.2) is 19.6 Å². The van der Waals surface area contributed by atoms with Crippen LogP contribution in [0.5, 0.6) is 0 Å². The van der Waals surface area contributed by atoms with Crippen molar-refractivity contribution in [3.05, 3.63) is 35.5 Å². The van der Waals surface area contributed by atoms with Gasteiger partial charge in [0.1, 0.15) is 0 Å². The first-order chi connectivity index (χ1) is 10.7. The summed E-state index contributed by atoms with van der Waals surface area (Å²) in [7, 11) is -3.58. The molecule has 0 unspecified atom stereocenters. The van der Waals surface area contributed by atoms with Gasteiger partial charge in [-0.15, -0.1) is 0 Å². The van der Waals surface area contributed by atoms with Crippen LogP contribution in [0, 0.1) is 6.92 Å². The summed E-state index contributed by atoms with van der Waals surface area (Å²) in [5.74, 6) is 0.668. The Balaban J connectivity index is 2.54. The van der Waals surface area contributed by atoms with E-state index in [9.17, 15) is 8.42 Å². The van der Waals surface area contributed by atoms with Gasteiger partial charge in [0.2, 0.25) is 10.0 Å². The van der Waals surface area contributed by atoms with Gasteiger partial charge < -0.3 is 4.52 Å². The van der Waals surface area contributed by atoms with Gasteiger partial charge in [-0.3, -0.25) is 0 Å². The highest BCUT2D eigenvalue weighted by molar-refractivity contribution is 7.89. The van der Waals surface area contributed by atoms with Crippen molar-refractivity contribution in [2.45, 2.75) is 57.9 Å². The van der Waals surface area contributed by atoms with Crippen LogP contribution >= 0.6 is 0 Å². The lowest BCUT2D eigenvalue weighted by molar-refractivity contribution is 0.427. The summed E-state index contributed by atoms with van der Waals surface area (Å²) in [4.78, 5) is 0.305. The van der Waals surface area contributed by atoms with Crippen LogP contribution in [0.4, 0.5) is 0 Å². The number of benzene rings is 1. The molecule has 1 aromatic carbocycles. The summed E-state index contributed by atoms with van der Waals surface area (Å²) in [6.07, 6.45) is 0.733. The minimum Gasteiger partial charge on any atom is -0.356 e. The van der Waals surface area contributed by atoms with E-state index in [2.05, 4.69) is 9.88 Å². The first-order valence-electron chi connectivity index (χ1n) is 7.84. The molecule has 0 fully saturated rings. The fourth-order valence-electron chi connectivity index (χ4n) is 2.31. The third-order valence-corrected chi connectivity index (χ3v) is 5.45. The third kappa shape index (κ3) is 4.00. The smallest absolute Gasteiger partial charge is 0.241 e. The van der Waals surface area contributed by atoms with E-state index in [0.717, 1.165) is 17.7 Å². The second-order valence-corrected chi connectivity index (χ2v) is 7.85. The molecule has 1 atom stereocenters. The van der Waals surface area contributed by atoms with Crippen LogP contribution in [0.2, 0.25) is 0 Å². The van der Waals surface area contributed by atoms with Crippen molar-refractivity contribution < 1.29 is 12.9 Å². The first-order valence-corrected chi connectivity index (χ1v) is 9.33. The van der Waals surface area contributed by atoms with Crippen LogP contribution in [-0.2, 0) is 10.0 Å². The lowest BCUT2D eigenvalue weighted by Gasteiger charge is -2.17. The van der Waals surface area contributed by atoms with Crippen LogP contribution in [0.25, 0.3) is 11.3 Å². The molecule has 126 valence electrons. The normalized spacial score (nSPS) is 13.5. The number of nitrogens with one attached hydrogen (secondary N) is 1. The van der Waals surface area contributed by atoms with Gasteiger partial charge in [-0.2, -0.15) is 0 Å². The van der Waals surface area contributed by atoms with Crippen molar-refractivity contribution in [2.75, 3.05) is 0 Å². The molecule has 2 rings (SSSR count). The summed E-state index contributed by atoms with van der Waals surface area (Å²) in [5.41, 5.74) is 2.26. The Morgan fingerprint density at radius 1 is 1.22 bits per heavy atom. The Hall–Kier alpha value is -1.66. The fourth-order valence-corrected chi connectivity index (χ4v) is 4.03. The Morgan fingerprint density at radius 2 is 1.91 bits per heavy atom. The van der Waals surface area contributed by atoms with E-state index in [4.69, 9.17) is 4.52 Å². The number of hydrogen-bond donors (Lipinski definition) is 1. The molecular weight excluding hydrogens is 312 g/mol. The molecule has 2 aromatic rings. The molecule has 0 saturated heterocycles. The summed E-state index contributed by atoms with van der Waals surface area (Å²) in [6, 6.07) is 7.07. The van der Waals surface area contributed by atoms with Gasteiger partial charge >= 0.3 is 0 Å². The monoisotopic (exact) mass is 336 g/mol. The molecule has 1 heterocycles. The molecule has 23 heavy (non-hydrogen) atoms. The predicted molar refractivity (Wildman–Crippen MR) is 90.8 cm³/mol. The first kappa shape index (κ1) is 17.7. The molecule has 0 bridgehead atoms. The van der Waals surface area contributed by atoms with Crippen molar-refractivity contribution in [1.29, 1.82) is 0 Å². The maximum atomic E-state index is 12.8. The van der Waals surface area contributed by atoms with Crippen LogP contribution in [0.15, 0.2) is 33.7 Å². The van der Waals surface area contributed by atoms with E-state index in [1.54, 1.807) is 12.1 Å². The topological polar surface area (TPSA) is 72.2 Å². The maximum Gasteiger partial charge on any atom is 0.241 e. The highest BCUT2D eigenvalue weighted by atomic mass is 32.2. The average Bonchev–Trinajstić information content (AvgIpc) is 2.92. The highest BCUT2D eigenvalue weighted by Gasteiger charge is 2.23. The lowest BCUT2D eigenvalue weighted by Crippen LogP contribution is -2.32. The second-order valence-electron chi connectivity index (χ2n) is 6.17. The van der Waals surface area contributed by atoms with Crippen LogP contribution < -0.4 is 4.72 Å². The van der Waals surface area contributed by atoms with E-state index < -0.39 is 10.0 Å². The van der Waals surface area contributed by atoms with Gasteiger partial charge in [0.05, 0.1) is 10.6 Å². The average molecular weight is 336 g/mol. The number of aryl methyl sites for hydroxylation is 1. The number of aromatic nitrogens is 1. The van der Waals surface area contributed by atoms with Gasteiger partial charge in [-0.05, 0) is 37.8 Å². The van der Waals surface area contributed by atoms with Crippen molar-refractivity contribution in [2.24, 2.45) is 0 Å². The van der Waals surface area contributed by atoms with Crippen molar-refractivity contribution in [1.82, 2.24) is 9.88 Å². The van der Waals surface area contributed by atoms with Gasteiger partial charge in [0.15, 0.2) is 5.76 Å². The maximum absolute atomic E-state index is 12.8. The van der Waals surface area contributed by atoms with E-state index >= 15 is 0 Å². The van der Waals surface area contributed by atoms with Crippen molar-refractivity contribution in [3.8, 4) is 11.3 Å². The van der Waals surface area contributed by atoms with Crippen LogP contribution in [0.3, 0.4) is 0 Å². The number of nitrogens with zero attached hydrogens (tertiary/aromatic N) is 1. The van der Waals surface area contributed by atoms with Gasteiger partial charge in [-0.1, -0.05) is 38.1 Å². The summed E-state index contributed by atoms with van der Waals surface area (Å²) in [5, 5.41) is 3.86. The zero-order valence-electron chi connectivity index (χ0n) is 14.3. The molecule has 6 heteroatoms. The lowest BCUT2D eigenvalue weighted by atomic mass is 10.0. The Morgan fingerprint density at radius 3 is 2.43 bits per heavy atom. The summed E-state index contributed by atoms with van der Waals surface area (Å²) >= 11 is 0. The quantitative estimate of drug-likeness (QED) is 0.869. The van der Waals surface area contributed by atoms with Gasteiger partial charge in [0, 0.05) is 17.7 Å². The van der Waals surface area contributed by atoms with E-state index in [1.165, 1.54) is 0 Å². The molecule has 5 nitrogen and oxygen atoms in total. The molecule has 1 aromatic heterocycles. The standard InChI is InChI=1S/C17H24N2O3S/c1-6-12(4)19-23(20,21)17-10-14(7-8-15(17)11(2)3)16-9-13(5)18-22-16/h7-12,19H,6H2,1-5H3/t12-/m1/s1. The Kier molecular flexibility index (Phi) is 5.26. The molecule has 0 spiro atoms. The number of sulfonamides is 1. The minimum absolute atomic E-state index is 0.101. The molecule has 0 saturated carbocycles. The molecule has 0 aliphatic heterocycles. The second kappa shape index (κ2) is 6.84. The Bertz CT molecular complexity index is 779. The molecular formula is C17H24N2O3S. The zero-order valence-corrected chi connectivity index (χ0v) is 15.1. The molecule has 0 aliphatic rings. The van der Waals surface area contributed by atoms with Crippen molar-refractivity contribution >= 4 is 10.0 Å². The van der Waals surface area contributed by atoms with Gasteiger partial charge in [0.25, 0.3) is 0 Å². The van der Waals surface area contributed by atoms with Gasteiger partial charge in [-0.25, -0.2) is 13.1 Å². The van der Waals surface area contributed by atoms with E-state index in [-0.39, 0.29) is 12.0 Å². The highest BCUT2D eigenvalue weighted by Crippen LogP contribution is 2.30. The predicted octanol–water partition coefficient (Wildman–Crippen LogP) is 3.85. The minimum atomic E-state index is -3.58. The Labute approximate surface area is 138 Å². The molecule has 0 aliphatic carbocycles. The van der Waals surface area contributed by atoms with E-state index in [0.29, 0.717) is 16.2 Å². The summed E-state index contributed by atoms with van der Waals surface area (Å²) < 4.78 is 33.5. The fraction of sp³-hybridized carbons (Fsp3) is 0.471. The SMILES string of the molecule is CC[C@@H](C)NS(=O)(=O)c1cc(-c2cc(C)no2)ccc1C(C)C. The number of rotatable bonds is 6. The zero-order chi connectivity index (χ0) is 17.2. The molecule has 0 amide bonds. The molecule has 1 N–H and O–H groups in total. The van der Waals surface area contributed by atoms with E-state index in [1.807, 2.05) is 46.8 Å². The number of hydrogen-bond acceptors (Lipinski definition) is 4. The van der Waals surface area contributed by atoms with Crippen molar-refractivity contribution in [3.63, 3.8) is 0 Å². The third-order valence-electron chi connectivity index (χ3n) is 3.81.